The summed E-state index contributed by atoms with van der Waals surface area (Å²) in [6.45, 7) is 0. The quantitative estimate of drug-likeness (QED) is 0.560. The van der Waals surface area contributed by atoms with Crippen molar-refractivity contribution in [2.45, 2.75) is 6.04 Å². The fourth-order valence-electron chi connectivity index (χ4n) is 0.238. The molecule has 0 aliphatic rings. The van der Waals surface area contributed by atoms with Crippen LogP contribution in [-0.4, -0.2) is 29.1 Å². The number of carboxylic acids is 1. The number of nitrogens with two attached hydrogens (primary N) is 1. The Bertz CT molecular complexity index is 101. The van der Waals surface area contributed by atoms with Gasteiger partial charge in [-0.05, 0) is 6.26 Å². The maximum Gasteiger partial charge on any atom is 0.321 e. The van der Waals surface area contributed by atoms with Crippen molar-refractivity contribution in [2.75, 3.05) is 12.0 Å². The lowest BCUT2D eigenvalue weighted by Gasteiger charge is -2.00. The van der Waals surface area contributed by atoms with Crippen LogP contribution in [0.5, 0.6) is 0 Å². The Balaban J connectivity index is 3.54. The summed E-state index contributed by atoms with van der Waals surface area (Å²) in [5, 5.41) is 8.31. The molecule has 0 spiro atoms. The number of carboxylic acid groups (broad SMARTS) is 1. The van der Waals surface area contributed by atoms with Crippen molar-refractivity contribution in [2.24, 2.45) is 5.73 Å². The van der Waals surface area contributed by atoms with Crippen LogP contribution in [0, 0.1) is 0 Å². The second-order valence-corrected chi connectivity index (χ2v) is 2.26. The first-order valence-electron chi connectivity index (χ1n) is 2.61. The Morgan fingerprint density at radius 3 is 3.00 bits per heavy atom. The number of carbonyl (C=O) groups is 1. The van der Waals surface area contributed by atoms with Crippen LogP contribution in [0.2, 0.25) is 1.41 Å². The summed E-state index contributed by atoms with van der Waals surface area (Å²) in [5.74, 6) is -0.543. The summed E-state index contributed by atoms with van der Waals surface area (Å²) in [5.41, 5.74) is 1.93. The lowest BCUT2D eigenvalue weighted by atomic mass is 10.4. The molecule has 0 aliphatic heterocycles. The van der Waals surface area contributed by atoms with Crippen molar-refractivity contribution in [3.63, 3.8) is 0 Å². The molecule has 0 fully saturated rings. The van der Waals surface area contributed by atoms with Crippen molar-refractivity contribution >= 4 is 17.7 Å². The van der Waals surface area contributed by atoms with E-state index in [-0.39, 0.29) is 0 Å². The Morgan fingerprint density at radius 2 is 2.88 bits per heavy atom. The van der Waals surface area contributed by atoms with Gasteiger partial charge in [-0.2, -0.15) is 11.8 Å². The van der Waals surface area contributed by atoms with E-state index in [2.05, 4.69) is 0 Å². The molecule has 8 heavy (non-hydrogen) atoms. The fraction of sp³-hybridized carbons (Fsp3) is 0.750. The van der Waals surface area contributed by atoms with Crippen LogP contribution >= 0.6 is 11.8 Å². The maximum absolute atomic E-state index is 10.1. The number of rotatable bonds is 4. The van der Waals surface area contributed by atoms with Crippen LogP contribution < -0.4 is 5.73 Å². The average molecular weight is 136 g/mol. The molecule has 0 amide bonds. The molecule has 0 aromatic carbocycles. The summed E-state index contributed by atoms with van der Waals surface area (Å²) in [7, 11) is 0. The first kappa shape index (κ1) is 5.91. The first-order valence-corrected chi connectivity index (χ1v) is 3.50. The lowest BCUT2D eigenvalue weighted by molar-refractivity contribution is -0.137. The number of thioether (sulfide) groups is 1. The van der Waals surface area contributed by atoms with Crippen LogP contribution in [0.1, 0.15) is 0 Å². The van der Waals surface area contributed by atoms with E-state index in [0.717, 1.165) is 0 Å². The summed E-state index contributed by atoms with van der Waals surface area (Å²) in [6.07, 6.45) is 1.80. The second kappa shape index (κ2) is 3.74. The fourth-order valence-corrected chi connectivity index (χ4v) is 0.714. The van der Waals surface area contributed by atoms with Gasteiger partial charge in [-0.25, -0.2) is 0 Å². The standard InChI is InChI=1S/C4H9NO2S/c1-8-2-3(5)4(6)7/h3H,2,5H2,1H3,(H,6,7)/i/hD. The van der Waals surface area contributed by atoms with E-state index in [1.165, 1.54) is 11.8 Å². The van der Waals surface area contributed by atoms with Crippen LogP contribution in [-0.2, 0) is 4.79 Å². The Kier molecular flexibility index (Phi) is 2.76. The van der Waals surface area contributed by atoms with Gasteiger partial charge in [-0.15, -0.1) is 0 Å². The van der Waals surface area contributed by atoms with E-state index in [1.807, 2.05) is 5.73 Å². The van der Waals surface area contributed by atoms with E-state index in [0.29, 0.717) is 5.75 Å². The normalized spacial score (nSPS) is 14.9. The van der Waals surface area contributed by atoms with Crippen molar-refractivity contribution < 1.29 is 11.3 Å². The van der Waals surface area contributed by atoms with E-state index in [4.69, 9.17) is 6.52 Å². The molecule has 0 bridgehead atoms. The number of aliphatic carboxylic acids is 1. The Hall–Kier alpha value is -0.220. The smallest absolute Gasteiger partial charge is 0.321 e. The highest BCUT2D eigenvalue weighted by molar-refractivity contribution is 7.98. The van der Waals surface area contributed by atoms with Crippen molar-refractivity contribution in [1.82, 2.24) is 0 Å². The van der Waals surface area contributed by atoms with Crippen LogP contribution in [0.3, 0.4) is 0 Å². The molecular weight excluding hydrogens is 126 g/mol. The van der Waals surface area contributed by atoms with Gasteiger partial charge in [0, 0.05) is 5.75 Å². The topological polar surface area (TPSA) is 63.3 Å². The molecule has 1 atom stereocenters. The molecule has 0 saturated carbocycles. The third-order valence-corrected chi connectivity index (χ3v) is 1.30. The van der Waals surface area contributed by atoms with Crippen molar-refractivity contribution in [3.8, 4) is 0 Å². The van der Waals surface area contributed by atoms with E-state index < -0.39 is 12.0 Å². The summed E-state index contributed by atoms with van der Waals surface area (Å²) >= 11 is 1.40. The van der Waals surface area contributed by atoms with Crippen molar-refractivity contribution in [3.05, 3.63) is 0 Å². The molecule has 0 heterocycles. The van der Waals surface area contributed by atoms with Crippen LogP contribution in [0.25, 0.3) is 0 Å². The third kappa shape index (κ3) is 2.87. The molecule has 4 heteroatoms. The Morgan fingerprint density at radius 1 is 2.25 bits per heavy atom. The molecule has 0 rings (SSSR count). The van der Waals surface area contributed by atoms with Gasteiger partial charge in [0.1, 0.15) is 7.45 Å². The molecule has 1 unspecified atom stereocenters. The zero-order valence-corrected chi connectivity index (χ0v) is 5.36. The van der Waals surface area contributed by atoms with E-state index in [1.54, 1.807) is 6.26 Å². The van der Waals surface area contributed by atoms with Gasteiger partial charge in [-0.3, -0.25) is 4.79 Å². The molecule has 3 N–H and O–H groups in total. The third-order valence-electron chi connectivity index (χ3n) is 0.631. The predicted molar refractivity (Wildman–Crippen MR) is 34.0 cm³/mol. The van der Waals surface area contributed by atoms with Gasteiger partial charge in [0.2, 0.25) is 0 Å². The summed E-state index contributed by atoms with van der Waals surface area (Å²) in [6, 6.07) is -0.736. The summed E-state index contributed by atoms with van der Waals surface area (Å²) in [4.78, 5) is 10.1. The summed E-state index contributed by atoms with van der Waals surface area (Å²) < 4.78 is 6.55. The molecule has 48 valence electrons. The minimum absolute atomic E-state index is 0.429. The van der Waals surface area contributed by atoms with E-state index in [9.17, 15) is 4.79 Å². The zero-order valence-electron chi connectivity index (χ0n) is 5.55. The minimum Gasteiger partial charge on any atom is -0.480 e. The van der Waals surface area contributed by atoms with Gasteiger partial charge in [0.15, 0.2) is 0 Å². The Labute approximate surface area is 53.7 Å². The molecular formula is C4H9NO2S. The lowest BCUT2D eigenvalue weighted by Crippen LogP contribution is -2.32. The molecule has 0 saturated heterocycles. The molecule has 0 radical (unpaired) electrons. The van der Waals surface area contributed by atoms with Gasteiger partial charge in [0.05, 0.1) is 0 Å². The number of hydrogen-bond donors (Lipinski definition) is 2. The molecule has 0 aliphatic carbocycles. The zero-order chi connectivity index (χ0) is 7.28. The van der Waals surface area contributed by atoms with Gasteiger partial charge < -0.3 is 10.8 Å². The molecule has 0 aromatic heterocycles. The largest absolute Gasteiger partial charge is 0.480 e. The average Bonchev–Trinajstić information content (AvgIpc) is 1.82. The van der Waals surface area contributed by atoms with Gasteiger partial charge in [-0.1, -0.05) is 0 Å². The monoisotopic (exact) mass is 136 g/mol. The highest BCUT2D eigenvalue weighted by atomic mass is 32.2. The highest BCUT2D eigenvalue weighted by Crippen LogP contribution is 1.93. The van der Waals surface area contributed by atoms with Crippen LogP contribution in [0.4, 0.5) is 0 Å². The van der Waals surface area contributed by atoms with Gasteiger partial charge >= 0.3 is 5.97 Å². The van der Waals surface area contributed by atoms with Gasteiger partial charge in [0.25, 0.3) is 0 Å². The maximum atomic E-state index is 10.1. The van der Waals surface area contributed by atoms with Crippen LogP contribution in [0.15, 0.2) is 0 Å². The minimum atomic E-state index is -0.973. The predicted octanol–water partition coefficient (Wildman–Crippen LogP) is -0.239. The highest BCUT2D eigenvalue weighted by Gasteiger charge is 2.08. The second-order valence-electron chi connectivity index (χ2n) is 1.35. The van der Waals surface area contributed by atoms with E-state index >= 15 is 0 Å². The number of hydrogen-bond acceptors (Lipinski definition) is 3. The van der Waals surface area contributed by atoms with Crippen molar-refractivity contribution in [1.29, 1.82) is 0 Å². The first-order chi connectivity index (χ1) is 4.22. The molecule has 3 nitrogen and oxygen atoms in total. The SMILES string of the molecule is [2H]NC(CSC)C(=O)O. The molecule has 0 aromatic rings.